The second-order valence-electron chi connectivity index (χ2n) is 9.97. The molecule has 2 atom stereocenters. The van der Waals surface area contributed by atoms with E-state index in [0.29, 0.717) is 24.3 Å². The number of benzene rings is 2. The molecule has 0 aromatic heterocycles. The Kier molecular flexibility index (Phi) is 15.0. The molecule has 1 aliphatic rings. The quantitative estimate of drug-likeness (QED) is 0.274. The Labute approximate surface area is 248 Å². The number of amides is 1. The molecule has 0 heterocycles. The summed E-state index contributed by atoms with van der Waals surface area (Å²) in [5.74, 6) is 1.03. The first-order valence-corrected chi connectivity index (χ1v) is 16.0. The van der Waals surface area contributed by atoms with Gasteiger partial charge in [0.05, 0.1) is 12.7 Å². The maximum absolute atomic E-state index is 13.3. The van der Waals surface area contributed by atoms with E-state index < -0.39 is 12.0 Å². The summed E-state index contributed by atoms with van der Waals surface area (Å²) >= 11 is 3.39. The molecule has 1 amide bonds. The van der Waals surface area contributed by atoms with E-state index in [2.05, 4.69) is 11.6 Å². The standard InChI is InChI=1S/C30H41NO4S2.Li.H/c1-21-9-7-8-12-25(21)27-18-23(19-35-24(20-37-3)17-22-10-5-4-6-11-22)13-14-26(27)29(32)31-28(30(33)34)15-16-36-2;;/h7-9,12-14,18,22,24,28H,4-6,10-11,15-17,19-20H2,1-3H3,(H,31,32)(H,33,34);;/t24?,28-;;/m0../s1. The van der Waals surface area contributed by atoms with Crippen molar-refractivity contribution in [1.82, 2.24) is 5.32 Å². The third kappa shape index (κ3) is 9.99. The van der Waals surface area contributed by atoms with Gasteiger partial charge < -0.3 is 15.2 Å². The van der Waals surface area contributed by atoms with E-state index in [-0.39, 0.29) is 30.9 Å². The number of carboxylic acids is 1. The van der Waals surface area contributed by atoms with Gasteiger partial charge in [0.1, 0.15) is 6.04 Å². The van der Waals surface area contributed by atoms with Crippen molar-refractivity contribution in [3.8, 4) is 11.1 Å². The number of carbonyl (C=O) groups excluding carboxylic acids is 1. The van der Waals surface area contributed by atoms with E-state index in [4.69, 9.17) is 4.74 Å². The first-order chi connectivity index (χ1) is 17.9. The summed E-state index contributed by atoms with van der Waals surface area (Å²) in [5, 5.41) is 12.4. The van der Waals surface area contributed by atoms with Gasteiger partial charge in [-0.05, 0) is 78.3 Å². The summed E-state index contributed by atoms with van der Waals surface area (Å²) < 4.78 is 6.43. The predicted octanol–water partition coefficient (Wildman–Crippen LogP) is 6.17. The van der Waals surface area contributed by atoms with Gasteiger partial charge in [0.15, 0.2) is 0 Å². The van der Waals surface area contributed by atoms with Gasteiger partial charge in [0.2, 0.25) is 0 Å². The first-order valence-electron chi connectivity index (χ1n) is 13.2. The molecule has 0 spiro atoms. The van der Waals surface area contributed by atoms with Crippen LogP contribution in [0.4, 0.5) is 0 Å². The molecular weight excluding hydrogens is 509 g/mol. The van der Waals surface area contributed by atoms with Crippen molar-refractivity contribution < 1.29 is 19.4 Å². The normalized spacial score (nSPS) is 15.3. The van der Waals surface area contributed by atoms with Gasteiger partial charge in [0.25, 0.3) is 5.91 Å². The fourth-order valence-corrected chi connectivity index (χ4v) is 6.16. The molecule has 0 radical (unpaired) electrons. The van der Waals surface area contributed by atoms with Gasteiger partial charge in [-0.3, -0.25) is 4.79 Å². The molecule has 5 nitrogen and oxygen atoms in total. The fourth-order valence-electron chi connectivity index (χ4n) is 5.08. The zero-order valence-electron chi connectivity index (χ0n) is 22.3. The molecule has 204 valence electrons. The number of aryl methyl sites for hydroxylation is 1. The van der Waals surface area contributed by atoms with Gasteiger partial charge in [0, 0.05) is 11.3 Å². The molecule has 0 aliphatic heterocycles. The minimum absolute atomic E-state index is 0. The van der Waals surface area contributed by atoms with Crippen molar-refractivity contribution >= 4 is 54.3 Å². The molecule has 3 rings (SSSR count). The van der Waals surface area contributed by atoms with E-state index in [1.807, 2.05) is 67.4 Å². The van der Waals surface area contributed by atoms with Crippen LogP contribution in [-0.4, -0.2) is 72.0 Å². The molecule has 2 aromatic carbocycles. The zero-order chi connectivity index (χ0) is 26.6. The molecule has 2 aromatic rings. The number of aliphatic carboxylic acids is 1. The van der Waals surface area contributed by atoms with Crippen molar-refractivity contribution in [2.45, 2.75) is 70.6 Å². The number of thioether (sulfide) groups is 2. The van der Waals surface area contributed by atoms with Crippen LogP contribution in [0.3, 0.4) is 0 Å². The van der Waals surface area contributed by atoms with E-state index in [1.165, 1.54) is 32.1 Å². The van der Waals surface area contributed by atoms with Gasteiger partial charge in [-0.25, -0.2) is 4.79 Å². The molecule has 1 aliphatic carbocycles. The third-order valence-electron chi connectivity index (χ3n) is 7.14. The van der Waals surface area contributed by atoms with E-state index in [1.54, 1.807) is 11.8 Å². The first kappa shape index (κ1) is 32.8. The average molecular weight is 552 g/mol. The Morgan fingerprint density at radius 3 is 2.45 bits per heavy atom. The van der Waals surface area contributed by atoms with Crippen LogP contribution in [0.25, 0.3) is 11.1 Å². The summed E-state index contributed by atoms with van der Waals surface area (Å²) in [6, 6.07) is 12.8. The monoisotopic (exact) mass is 551 g/mol. The average Bonchev–Trinajstić information content (AvgIpc) is 2.90. The zero-order valence-corrected chi connectivity index (χ0v) is 24.0. The van der Waals surface area contributed by atoms with Crippen LogP contribution in [0, 0.1) is 12.8 Å². The second-order valence-corrected chi connectivity index (χ2v) is 11.9. The molecule has 1 saturated carbocycles. The van der Waals surface area contributed by atoms with Crippen LogP contribution in [0.5, 0.6) is 0 Å². The van der Waals surface area contributed by atoms with Crippen LogP contribution in [-0.2, 0) is 16.1 Å². The predicted molar refractivity (Wildman–Crippen MR) is 164 cm³/mol. The number of carboxylic acid groups (broad SMARTS) is 1. The Bertz CT molecular complexity index is 1030. The van der Waals surface area contributed by atoms with E-state index >= 15 is 0 Å². The number of rotatable bonds is 14. The number of hydrogen-bond donors (Lipinski definition) is 2. The summed E-state index contributed by atoms with van der Waals surface area (Å²) in [5.41, 5.74) is 4.33. The molecule has 1 fully saturated rings. The Morgan fingerprint density at radius 1 is 1.05 bits per heavy atom. The van der Waals surface area contributed by atoms with Gasteiger partial charge >= 0.3 is 24.8 Å². The fraction of sp³-hybridized carbons (Fsp3) is 0.533. The number of hydrogen-bond acceptors (Lipinski definition) is 5. The Morgan fingerprint density at radius 2 is 1.79 bits per heavy atom. The maximum atomic E-state index is 13.3. The Balaban J connectivity index is 0.00000507. The SMILES string of the molecule is CSCC[C@H](NC(=O)c1ccc(COC(CSC)CC2CCCCC2)cc1-c1ccccc1C)C(=O)O.[LiH]. The summed E-state index contributed by atoms with van der Waals surface area (Å²) in [6.45, 7) is 2.52. The van der Waals surface area contributed by atoms with Crippen LogP contribution >= 0.6 is 23.5 Å². The van der Waals surface area contributed by atoms with Crippen molar-refractivity contribution in [2.75, 3.05) is 24.0 Å². The van der Waals surface area contributed by atoms with Crippen LogP contribution in [0.1, 0.15) is 66.4 Å². The molecule has 0 bridgehead atoms. The van der Waals surface area contributed by atoms with Gasteiger partial charge in [-0.1, -0.05) is 62.4 Å². The second kappa shape index (κ2) is 17.4. The number of ether oxygens (including phenoxy) is 1. The summed E-state index contributed by atoms with van der Waals surface area (Å²) in [7, 11) is 0. The van der Waals surface area contributed by atoms with Crippen LogP contribution in [0.15, 0.2) is 42.5 Å². The molecule has 0 saturated heterocycles. The van der Waals surface area contributed by atoms with Crippen molar-refractivity contribution in [3.63, 3.8) is 0 Å². The molecule has 1 unspecified atom stereocenters. The van der Waals surface area contributed by atoms with Crippen molar-refractivity contribution in [2.24, 2.45) is 5.92 Å². The third-order valence-corrected chi connectivity index (χ3v) is 8.49. The van der Waals surface area contributed by atoms with E-state index in [0.717, 1.165) is 40.3 Å². The van der Waals surface area contributed by atoms with Crippen LogP contribution < -0.4 is 5.32 Å². The summed E-state index contributed by atoms with van der Waals surface area (Å²) in [4.78, 5) is 25.0. The topological polar surface area (TPSA) is 75.6 Å². The number of nitrogens with one attached hydrogen (secondary N) is 1. The summed E-state index contributed by atoms with van der Waals surface area (Å²) in [6.07, 6.45) is 12.4. The number of carbonyl (C=O) groups is 2. The van der Waals surface area contributed by atoms with Gasteiger partial charge in [-0.15, -0.1) is 0 Å². The van der Waals surface area contributed by atoms with Crippen molar-refractivity contribution in [3.05, 3.63) is 59.2 Å². The molecule has 2 N–H and O–H groups in total. The van der Waals surface area contributed by atoms with Crippen LogP contribution in [0.2, 0.25) is 0 Å². The van der Waals surface area contributed by atoms with Crippen molar-refractivity contribution in [1.29, 1.82) is 0 Å². The molecule has 8 heteroatoms. The molecule has 38 heavy (non-hydrogen) atoms. The minimum atomic E-state index is -1.01. The van der Waals surface area contributed by atoms with Gasteiger partial charge in [-0.2, -0.15) is 23.5 Å². The van der Waals surface area contributed by atoms with E-state index in [9.17, 15) is 14.7 Å². The Hall–Kier alpha value is -1.36. The molecular formula is C30H42LiNO4S2.